The third kappa shape index (κ3) is 4.30. The number of para-hydroxylation sites is 1. The number of rotatable bonds is 7. The fraction of sp³-hybridized carbons (Fsp3) is 0.625. The summed E-state index contributed by atoms with van der Waals surface area (Å²) < 4.78 is 11.4. The van der Waals surface area contributed by atoms with Crippen LogP contribution in [0, 0.1) is 0 Å². The first-order valence-corrected chi connectivity index (χ1v) is 7.68. The van der Waals surface area contributed by atoms with E-state index in [1.54, 1.807) is 0 Å². The summed E-state index contributed by atoms with van der Waals surface area (Å²) in [6.45, 7) is 4.08. The van der Waals surface area contributed by atoms with E-state index in [9.17, 15) is 0 Å². The molecule has 4 heteroatoms. The van der Waals surface area contributed by atoms with E-state index >= 15 is 0 Å². The molecule has 112 valence electrons. The number of nitrogens with two attached hydrogens (primary N) is 1. The molecule has 3 N–H and O–H groups in total. The van der Waals surface area contributed by atoms with Crippen LogP contribution in [0.15, 0.2) is 18.2 Å². The Balaban J connectivity index is 1.74. The maximum atomic E-state index is 6.07. The Morgan fingerprint density at radius 2 is 2.05 bits per heavy atom. The van der Waals surface area contributed by atoms with Crippen molar-refractivity contribution in [1.29, 1.82) is 0 Å². The molecule has 0 amide bonds. The standard InChI is InChI=1S/C16H26N2O2/c1-2-19-15-10-6-9-14(16(15)17)18-11-12-20-13-7-4-3-5-8-13/h6,9-10,13,18H,2-5,7-8,11-12,17H2,1H3. The second-order valence-corrected chi connectivity index (χ2v) is 5.21. The molecule has 0 aliphatic heterocycles. The van der Waals surface area contributed by atoms with Crippen LogP contribution >= 0.6 is 0 Å². The van der Waals surface area contributed by atoms with Crippen LogP contribution in [0.1, 0.15) is 39.0 Å². The lowest BCUT2D eigenvalue weighted by molar-refractivity contribution is 0.0347. The number of nitrogen functional groups attached to an aromatic ring is 1. The van der Waals surface area contributed by atoms with E-state index in [1.165, 1.54) is 32.1 Å². The molecule has 0 aromatic heterocycles. The van der Waals surface area contributed by atoms with Crippen molar-refractivity contribution in [1.82, 2.24) is 0 Å². The zero-order valence-electron chi connectivity index (χ0n) is 12.4. The number of anilines is 2. The van der Waals surface area contributed by atoms with Crippen LogP contribution in [0.3, 0.4) is 0 Å². The van der Waals surface area contributed by atoms with Crippen LogP contribution < -0.4 is 15.8 Å². The Hall–Kier alpha value is -1.42. The van der Waals surface area contributed by atoms with Gasteiger partial charge in [-0.2, -0.15) is 0 Å². The normalized spacial score (nSPS) is 16.1. The summed E-state index contributed by atoms with van der Waals surface area (Å²) in [5.74, 6) is 0.741. The van der Waals surface area contributed by atoms with Crippen molar-refractivity contribution in [2.75, 3.05) is 30.8 Å². The molecule has 0 atom stereocenters. The Bertz CT molecular complexity index is 403. The van der Waals surface area contributed by atoms with Gasteiger partial charge in [0.2, 0.25) is 0 Å². The Labute approximate surface area is 121 Å². The molecule has 1 aliphatic rings. The maximum absolute atomic E-state index is 6.07. The predicted octanol–water partition coefficient (Wildman–Crippen LogP) is 3.43. The van der Waals surface area contributed by atoms with Crippen molar-refractivity contribution in [3.63, 3.8) is 0 Å². The smallest absolute Gasteiger partial charge is 0.144 e. The second-order valence-electron chi connectivity index (χ2n) is 5.21. The predicted molar refractivity (Wildman–Crippen MR) is 83.3 cm³/mol. The lowest BCUT2D eigenvalue weighted by atomic mass is 9.98. The monoisotopic (exact) mass is 278 g/mol. The van der Waals surface area contributed by atoms with E-state index in [-0.39, 0.29) is 0 Å². The number of hydrogen-bond donors (Lipinski definition) is 2. The largest absolute Gasteiger partial charge is 0.492 e. The average molecular weight is 278 g/mol. The lowest BCUT2D eigenvalue weighted by Crippen LogP contribution is -2.20. The molecule has 2 rings (SSSR count). The summed E-state index contributed by atoms with van der Waals surface area (Å²) in [4.78, 5) is 0. The zero-order chi connectivity index (χ0) is 14.2. The summed E-state index contributed by atoms with van der Waals surface area (Å²) in [6, 6.07) is 5.81. The van der Waals surface area contributed by atoms with Gasteiger partial charge < -0.3 is 20.5 Å². The van der Waals surface area contributed by atoms with Crippen molar-refractivity contribution in [3.8, 4) is 5.75 Å². The topological polar surface area (TPSA) is 56.5 Å². The van der Waals surface area contributed by atoms with E-state index in [0.29, 0.717) is 18.4 Å². The summed E-state index contributed by atoms with van der Waals surface area (Å²) >= 11 is 0. The van der Waals surface area contributed by atoms with Gasteiger partial charge in [-0.25, -0.2) is 0 Å². The van der Waals surface area contributed by atoms with Gasteiger partial charge in [0, 0.05) is 6.54 Å². The van der Waals surface area contributed by atoms with Crippen molar-refractivity contribution in [3.05, 3.63) is 18.2 Å². The molecular weight excluding hydrogens is 252 g/mol. The van der Waals surface area contributed by atoms with E-state index in [0.717, 1.165) is 24.6 Å². The molecule has 0 bridgehead atoms. The van der Waals surface area contributed by atoms with Crippen molar-refractivity contribution in [2.45, 2.75) is 45.1 Å². The van der Waals surface area contributed by atoms with Crippen molar-refractivity contribution >= 4 is 11.4 Å². The first kappa shape index (κ1) is 15.0. The maximum Gasteiger partial charge on any atom is 0.144 e. The molecule has 0 unspecified atom stereocenters. The number of hydrogen-bond acceptors (Lipinski definition) is 4. The van der Waals surface area contributed by atoms with Crippen LogP contribution in [0.2, 0.25) is 0 Å². The van der Waals surface area contributed by atoms with E-state index in [4.69, 9.17) is 15.2 Å². The first-order chi connectivity index (χ1) is 9.81. The highest BCUT2D eigenvalue weighted by atomic mass is 16.5. The molecule has 1 fully saturated rings. The quantitative estimate of drug-likeness (QED) is 0.592. The highest BCUT2D eigenvalue weighted by molar-refractivity contribution is 5.72. The Morgan fingerprint density at radius 1 is 1.25 bits per heavy atom. The zero-order valence-corrected chi connectivity index (χ0v) is 12.4. The van der Waals surface area contributed by atoms with Gasteiger partial charge in [-0.3, -0.25) is 0 Å². The highest BCUT2D eigenvalue weighted by Gasteiger charge is 2.13. The van der Waals surface area contributed by atoms with Crippen LogP contribution in [-0.2, 0) is 4.74 Å². The minimum absolute atomic E-state index is 0.456. The van der Waals surface area contributed by atoms with E-state index in [2.05, 4.69) is 5.32 Å². The second kappa shape index (κ2) is 8.00. The minimum atomic E-state index is 0.456. The van der Waals surface area contributed by atoms with Gasteiger partial charge >= 0.3 is 0 Å². The van der Waals surface area contributed by atoms with Crippen molar-refractivity contribution in [2.24, 2.45) is 0 Å². The van der Waals surface area contributed by atoms with Crippen LogP contribution in [0.25, 0.3) is 0 Å². The first-order valence-electron chi connectivity index (χ1n) is 7.68. The third-order valence-electron chi connectivity index (χ3n) is 3.69. The molecule has 4 nitrogen and oxygen atoms in total. The molecule has 1 aliphatic carbocycles. The van der Waals surface area contributed by atoms with Crippen LogP contribution in [0.5, 0.6) is 5.75 Å². The fourth-order valence-corrected chi connectivity index (χ4v) is 2.62. The SMILES string of the molecule is CCOc1cccc(NCCOC2CCCCC2)c1N. The van der Waals surface area contributed by atoms with Gasteiger partial charge in [-0.15, -0.1) is 0 Å². The number of benzene rings is 1. The molecule has 0 saturated heterocycles. The molecule has 1 aromatic rings. The number of ether oxygens (including phenoxy) is 2. The van der Waals surface area contributed by atoms with Gasteiger partial charge in [-0.05, 0) is 31.9 Å². The Morgan fingerprint density at radius 3 is 2.80 bits per heavy atom. The van der Waals surface area contributed by atoms with Crippen molar-refractivity contribution < 1.29 is 9.47 Å². The Kier molecular flexibility index (Phi) is 5.99. The molecular formula is C16H26N2O2. The molecule has 1 saturated carbocycles. The number of nitrogens with one attached hydrogen (secondary N) is 1. The van der Waals surface area contributed by atoms with Crippen LogP contribution in [0.4, 0.5) is 11.4 Å². The average Bonchev–Trinajstić information content (AvgIpc) is 2.48. The molecule has 0 spiro atoms. The molecule has 1 aromatic carbocycles. The van der Waals surface area contributed by atoms with Gasteiger partial charge in [0.25, 0.3) is 0 Å². The van der Waals surface area contributed by atoms with E-state index < -0.39 is 0 Å². The van der Waals surface area contributed by atoms with Gasteiger partial charge in [0.05, 0.1) is 30.7 Å². The van der Waals surface area contributed by atoms with Crippen LogP contribution in [-0.4, -0.2) is 25.9 Å². The summed E-state index contributed by atoms with van der Waals surface area (Å²) in [5, 5.41) is 3.32. The minimum Gasteiger partial charge on any atom is -0.492 e. The molecule has 0 heterocycles. The highest BCUT2D eigenvalue weighted by Crippen LogP contribution is 2.29. The summed E-state index contributed by atoms with van der Waals surface area (Å²) in [7, 11) is 0. The summed E-state index contributed by atoms with van der Waals surface area (Å²) in [5.41, 5.74) is 7.66. The van der Waals surface area contributed by atoms with E-state index in [1.807, 2.05) is 25.1 Å². The summed E-state index contributed by atoms with van der Waals surface area (Å²) in [6.07, 6.45) is 6.85. The third-order valence-corrected chi connectivity index (χ3v) is 3.69. The fourth-order valence-electron chi connectivity index (χ4n) is 2.62. The van der Waals surface area contributed by atoms with Gasteiger partial charge in [-0.1, -0.05) is 25.3 Å². The van der Waals surface area contributed by atoms with Gasteiger partial charge in [0.1, 0.15) is 5.75 Å². The van der Waals surface area contributed by atoms with Gasteiger partial charge in [0.15, 0.2) is 0 Å². The molecule has 0 radical (unpaired) electrons. The molecule has 20 heavy (non-hydrogen) atoms. The lowest BCUT2D eigenvalue weighted by Gasteiger charge is -2.22.